The van der Waals surface area contributed by atoms with E-state index in [2.05, 4.69) is 52.7 Å². The van der Waals surface area contributed by atoms with E-state index >= 15 is 0 Å². The van der Waals surface area contributed by atoms with E-state index in [-0.39, 0.29) is 0 Å². The van der Waals surface area contributed by atoms with Gasteiger partial charge in [-0.05, 0) is 22.4 Å². The fourth-order valence-corrected chi connectivity index (χ4v) is 2.87. The lowest BCUT2D eigenvalue weighted by Gasteiger charge is -2.26. The zero-order valence-corrected chi connectivity index (χ0v) is 15.1. The lowest BCUT2D eigenvalue weighted by atomic mass is 10.2. The molecular formula is C15H20BrN7. The molecule has 1 unspecified atom stereocenters. The van der Waals surface area contributed by atoms with Crippen LogP contribution >= 0.6 is 15.9 Å². The maximum Gasteiger partial charge on any atom is 0.225 e. The van der Waals surface area contributed by atoms with E-state index in [1.807, 2.05) is 25.1 Å². The van der Waals surface area contributed by atoms with Crippen LogP contribution in [0, 0.1) is 0 Å². The molecule has 2 aromatic heterocycles. The quantitative estimate of drug-likeness (QED) is 0.804. The smallest absolute Gasteiger partial charge is 0.225 e. The summed E-state index contributed by atoms with van der Waals surface area (Å²) < 4.78 is 0.895. The predicted molar refractivity (Wildman–Crippen MR) is 95.1 cm³/mol. The second-order valence-electron chi connectivity index (χ2n) is 5.83. The van der Waals surface area contributed by atoms with Crippen LogP contribution in [0.1, 0.15) is 6.42 Å². The summed E-state index contributed by atoms with van der Waals surface area (Å²) in [5.74, 6) is 2.63. The van der Waals surface area contributed by atoms with E-state index in [4.69, 9.17) is 0 Å². The van der Waals surface area contributed by atoms with Gasteiger partial charge in [0.05, 0.1) is 4.47 Å². The van der Waals surface area contributed by atoms with E-state index in [1.165, 1.54) is 0 Å². The summed E-state index contributed by atoms with van der Waals surface area (Å²) in [5, 5.41) is 0. The van der Waals surface area contributed by atoms with Crippen molar-refractivity contribution in [3.63, 3.8) is 0 Å². The summed E-state index contributed by atoms with van der Waals surface area (Å²) in [7, 11) is 6.04. The number of aromatic nitrogens is 4. The van der Waals surface area contributed by atoms with E-state index in [1.54, 1.807) is 18.7 Å². The molecule has 0 radical (unpaired) electrons. The molecule has 0 aromatic carbocycles. The molecule has 0 spiro atoms. The monoisotopic (exact) mass is 377 g/mol. The molecule has 0 bridgehead atoms. The number of hydrogen-bond acceptors (Lipinski definition) is 7. The number of anilines is 3. The van der Waals surface area contributed by atoms with Crippen molar-refractivity contribution in [2.24, 2.45) is 0 Å². The Kier molecular flexibility index (Phi) is 4.61. The Morgan fingerprint density at radius 2 is 1.78 bits per heavy atom. The van der Waals surface area contributed by atoms with Crippen molar-refractivity contribution in [1.29, 1.82) is 0 Å². The van der Waals surface area contributed by atoms with Gasteiger partial charge in [0.15, 0.2) is 0 Å². The molecule has 0 N–H and O–H groups in total. The first kappa shape index (κ1) is 15.9. The number of likely N-dealkylation sites (N-methyl/N-ethyl adjacent to an activating group) is 1. The van der Waals surface area contributed by atoms with Crippen LogP contribution in [0.25, 0.3) is 0 Å². The zero-order chi connectivity index (χ0) is 16.4. The van der Waals surface area contributed by atoms with Crippen LogP contribution in [0.5, 0.6) is 0 Å². The number of rotatable bonds is 4. The van der Waals surface area contributed by atoms with Gasteiger partial charge in [-0.3, -0.25) is 0 Å². The van der Waals surface area contributed by atoms with Crippen molar-refractivity contribution in [3.8, 4) is 0 Å². The van der Waals surface area contributed by atoms with Gasteiger partial charge >= 0.3 is 0 Å². The highest BCUT2D eigenvalue weighted by Crippen LogP contribution is 2.24. The van der Waals surface area contributed by atoms with Crippen LogP contribution in [-0.4, -0.2) is 60.2 Å². The van der Waals surface area contributed by atoms with Gasteiger partial charge in [0.1, 0.15) is 18.0 Å². The second-order valence-corrected chi connectivity index (χ2v) is 6.75. The normalized spacial score (nSPS) is 17.4. The molecule has 122 valence electrons. The Labute approximate surface area is 144 Å². The molecule has 0 saturated carbocycles. The van der Waals surface area contributed by atoms with Gasteiger partial charge in [-0.1, -0.05) is 0 Å². The van der Waals surface area contributed by atoms with E-state index in [0.717, 1.165) is 41.6 Å². The summed E-state index contributed by atoms with van der Waals surface area (Å²) in [4.78, 5) is 23.8. The van der Waals surface area contributed by atoms with E-state index < -0.39 is 0 Å². The Hall–Kier alpha value is -1.96. The Bertz CT molecular complexity index is 661. The summed E-state index contributed by atoms with van der Waals surface area (Å²) >= 11 is 3.37. The molecule has 8 heteroatoms. The fourth-order valence-electron chi connectivity index (χ4n) is 2.67. The molecule has 2 aromatic rings. The molecule has 1 aliphatic rings. The third kappa shape index (κ3) is 3.52. The largest absolute Gasteiger partial charge is 0.363 e. The molecule has 7 nitrogen and oxygen atoms in total. The van der Waals surface area contributed by atoms with Gasteiger partial charge in [0, 0.05) is 58.7 Å². The molecule has 1 aliphatic heterocycles. The van der Waals surface area contributed by atoms with Gasteiger partial charge in [-0.15, -0.1) is 0 Å². The molecule has 1 saturated heterocycles. The maximum atomic E-state index is 4.41. The minimum Gasteiger partial charge on any atom is -0.363 e. The van der Waals surface area contributed by atoms with Gasteiger partial charge in [-0.25, -0.2) is 19.9 Å². The summed E-state index contributed by atoms with van der Waals surface area (Å²) in [6.07, 6.45) is 6.24. The van der Waals surface area contributed by atoms with Crippen molar-refractivity contribution in [2.75, 3.05) is 48.9 Å². The van der Waals surface area contributed by atoms with E-state index in [0.29, 0.717) is 6.04 Å². The Balaban J connectivity index is 1.71. The van der Waals surface area contributed by atoms with Crippen LogP contribution in [0.3, 0.4) is 0 Å². The van der Waals surface area contributed by atoms with Crippen LogP contribution in [0.15, 0.2) is 29.3 Å². The first-order chi connectivity index (χ1) is 11.0. The lowest BCUT2D eigenvalue weighted by Crippen LogP contribution is -2.35. The summed E-state index contributed by atoms with van der Waals surface area (Å²) in [6, 6.07) is 2.39. The molecule has 3 rings (SSSR count). The third-order valence-corrected chi connectivity index (χ3v) is 4.47. The first-order valence-corrected chi connectivity index (χ1v) is 8.28. The standard InChI is InChI=1S/C15H20BrN7/c1-21(2)13-6-14(20-10-19-13)22(3)12-4-5-23(9-12)15-17-7-11(16)8-18-15/h6-8,10,12H,4-5,9H2,1-3H3. The number of halogens is 1. The van der Waals surface area contributed by atoms with Crippen LogP contribution in [0.4, 0.5) is 17.6 Å². The van der Waals surface area contributed by atoms with Crippen molar-refractivity contribution in [2.45, 2.75) is 12.5 Å². The molecule has 3 heterocycles. The van der Waals surface area contributed by atoms with Crippen molar-refractivity contribution < 1.29 is 0 Å². The minimum absolute atomic E-state index is 0.382. The van der Waals surface area contributed by atoms with Crippen molar-refractivity contribution >= 4 is 33.5 Å². The lowest BCUT2D eigenvalue weighted by molar-refractivity contribution is 0.682. The third-order valence-electron chi connectivity index (χ3n) is 4.06. The van der Waals surface area contributed by atoms with Crippen LogP contribution in [0.2, 0.25) is 0 Å². The predicted octanol–water partition coefficient (Wildman–Crippen LogP) is 1.81. The van der Waals surface area contributed by atoms with Gasteiger partial charge < -0.3 is 14.7 Å². The molecular weight excluding hydrogens is 358 g/mol. The Morgan fingerprint density at radius 3 is 2.48 bits per heavy atom. The molecule has 1 atom stereocenters. The highest BCUT2D eigenvalue weighted by Gasteiger charge is 2.28. The Morgan fingerprint density at radius 1 is 1.09 bits per heavy atom. The van der Waals surface area contributed by atoms with Crippen molar-refractivity contribution in [3.05, 3.63) is 29.3 Å². The number of hydrogen-bond donors (Lipinski definition) is 0. The second kappa shape index (κ2) is 6.66. The highest BCUT2D eigenvalue weighted by atomic mass is 79.9. The highest BCUT2D eigenvalue weighted by molar-refractivity contribution is 9.10. The average Bonchev–Trinajstić information content (AvgIpc) is 3.05. The van der Waals surface area contributed by atoms with Crippen molar-refractivity contribution in [1.82, 2.24) is 19.9 Å². The molecule has 0 aliphatic carbocycles. The minimum atomic E-state index is 0.382. The zero-order valence-electron chi connectivity index (χ0n) is 13.5. The average molecular weight is 378 g/mol. The topological polar surface area (TPSA) is 61.3 Å². The molecule has 23 heavy (non-hydrogen) atoms. The van der Waals surface area contributed by atoms with Crippen LogP contribution in [-0.2, 0) is 0 Å². The van der Waals surface area contributed by atoms with Gasteiger partial charge in [0.25, 0.3) is 0 Å². The first-order valence-electron chi connectivity index (χ1n) is 7.49. The van der Waals surface area contributed by atoms with Crippen LogP contribution < -0.4 is 14.7 Å². The van der Waals surface area contributed by atoms with Gasteiger partial charge in [0.2, 0.25) is 5.95 Å². The maximum absolute atomic E-state index is 4.41. The fraction of sp³-hybridized carbons (Fsp3) is 0.467. The SMILES string of the molecule is CN(C)c1cc(N(C)C2CCN(c3ncc(Br)cn3)C2)ncn1. The summed E-state index contributed by atoms with van der Waals surface area (Å²) in [5.41, 5.74) is 0. The number of nitrogens with zero attached hydrogens (tertiary/aromatic N) is 7. The molecule has 1 fully saturated rings. The van der Waals surface area contributed by atoms with E-state index in [9.17, 15) is 0 Å². The molecule has 0 amide bonds. The summed E-state index contributed by atoms with van der Waals surface area (Å²) in [6.45, 7) is 1.84. The van der Waals surface area contributed by atoms with Gasteiger partial charge in [-0.2, -0.15) is 0 Å².